The molecule has 1 saturated carbocycles. The minimum Gasteiger partial charge on any atom is -0.349 e. The largest absolute Gasteiger partial charge is 0.349 e. The zero-order valence-electron chi connectivity index (χ0n) is 15.5. The van der Waals surface area contributed by atoms with E-state index in [4.69, 9.17) is 0 Å². The van der Waals surface area contributed by atoms with Crippen LogP contribution in [0.5, 0.6) is 0 Å². The molecule has 0 atom stereocenters. The third kappa shape index (κ3) is 4.42. The van der Waals surface area contributed by atoms with Crippen molar-refractivity contribution in [2.24, 2.45) is 5.92 Å². The minimum atomic E-state index is -0.128. The van der Waals surface area contributed by atoms with Gasteiger partial charge in [-0.3, -0.25) is 14.4 Å². The Hall–Kier alpha value is -2.67. The Morgan fingerprint density at radius 3 is 2.46 bits per heavy atom. The topological polar surface area (TPSA) is 78.5 Å². The summed E-state index contributed by atoms with van der Waals surface area (Å²) in [6, 6.07) is 11.0. The van der Waals surface area contributed by atoms with Crippen molar-refractivity contribution in [1.82, 2.24) is 10.2 Å². The first-order valence-corrected chi connectivity index (χ1v) is 10.5. The van der Waals surface area contributed by atoms with Crippen LogP contribution in [0.4, 0.5) is 5.69 Å². The van der Waals surface area contributed by atoms with Crippen LogP contribution in [-0.2, 0) is 4.79 Å². The van der Waals surface area contributed by atoms with Gasteiger partial charge in [-0.25, -0.2) is 0 Å². The normalized spacial score (nSPS) is 17.2. The van der Waals surface area contributed by atoms with Crippen molar-refractivity contribution in [2.45, 2.75) is 31.7 Å². The minimum absolute atomic E-state index is 0.0447. The van der Waals surface area contributed by atoms with Gasteiger partial charge < -0.3 is 15.5 Å². The standard InChI is InChI=1S/C21H23N3O3S/c25-19(14-8-10-24(11-9-14)21(27)18-5-2-12-28-18)23-17-4-1-3-15(13-17)20(26)22-16-6-7-16/h1-5,12-14,16H,6-11H2,(H,22,26)(H,23,25). The Balaban J connectivity index is 1.31. The number of amides is 3. The second-order valence-corrected chi connectivity index (χ2v) is 8.31. The number of anilines is 1. The number of hydrogen-bond donors (Lipinski definition) is 2. The third-order valence-corrected chi connectivity index (χ3v) is 6.05. The van der Waals surface area contributed by atoms with Crippen molar-refractivity contribution in [1.29, 1.82) is 0 Å². The summed E-state index contributed by atoms with van der Waals surface area (Å²) in [5.41, 5.74) is 1.19. The molecule has 28 heavy (non-hydrogen) atoms. The Kier molecular flexibility index (Phi) is 5.43. The Morgan fingerprint density at radius 2 is 1.79 bits per heavy atom. The molecule has 0 spiro atoms. The second-order valence-electron chi connectivity index (χ2n) is 7.36. The van der Waals surface area contributed by atoms with Crippen LogP contribution < -0.4 is 10.6 Å². The fourth-order valence-electron chi connectivity index (χ4n) is 3.38. The van der Waals surface area contributed by atoms with E-state index in [1.807, 2.05) is 22.4 Å². The van der Waals surface area contributed by atoms with Crippen molar-refractivity contribution in [3.05, 3.63) is 52.2 Å². The molecule has 3 amide bonds. The molecular formula is C21H23N3O3S. The Morgan fingerprint density at radius 1 is 1.00 bits per heavy atom. The highest BCUT2D eigenvalue weighted by Crippen LogP contribution is 2.23. The van der Waals surface area contributed by atoms with Crippen molar-refractivity contribution < 1.29 is 14.4 Å². The average Bonchev–Trinajstić information content (AvgIpc) is 3.36. The van der Waals surface area contributed by atoms with Crippen LogP contribution >= 0.6 is 11.3 Å². The number of likely N-dealkylation sites (tertiary alicyclic amines) is 1. The molecule has 1 saturated heterocycles. The molecule has 4 rings (SSSR count). The molecule has 0 bridgehead atoms. The van der Waals surface area contributed by atoms with E-state index in [0.29, 0.717) is 43.2 Å². The maximum absolute atomic E-state index is 12.6. The smallest absolute Gasteiger partial charge is 0.263 e. The van der Waals surface area contributed by atoms with E-state index in [-0.39, 0.29) is 23.6 Å². The van der Waals surface area contributed by atoms with Gasteiger partial charge in [0, 0.05) is 36.3 Å². The van der Waals surface area contributed by atoms with E-state index < -0.39 is 0 Å². The molecule has 1 aliphatic carbocycles. The number of rotatable bonds is 5. The summed E-state index contributed by atoms with van der Waals surface area (Å²) in [5, 5.41) is 7.78. The summed E-state index contributed by atoms with van der Waals surface area (Å²) in [4.78, 5) is 39.8. The maximum atomic E-state index is 12.6. The molecule has 2 fully saturated rings. The first kappa shape index (κ1) is 18.7. The third-order valence-electron chi connectivity index (χ3n) is 5.19. The van der Waals surface area contributed by atoms with E-state index in [1.54, 1.807) is 24.3 Å². The summed E-state index contributed by atoms with van der Waals surface area (Å²) < 4.78 is 0. The number of thiophene rings is 1. The van der Waals surface area contributed by atoms with Gasteiger partial charge in [0.1, 0.15) is 0 Å². The van der Waals surface area contributed by atoms with Crippen molar-refractivity contribution in [2.75, 3.05) is 18.4 Å². The lowest BCUT2D eigenvalue weighted by Gasteiger charge is -2.31. The number of hydrogen-bond acceptors (Lipinski definition) is 4. The molecule has 7 heteroatoms. The second kappa shape index (κ2) is 8.14. The predicted molar refractivity (Wildman–Crippen MR) is 109 cm³/mol. The van der Waals surface area contributed by atoms with Crippen LogP contribution in [0.3, 0.4) is 0 Å². The molecule has 1 aromatic heterocycles. The summed E-state index contributed by atoms with van der Waals surface area (Å²) in [6.07, 6.45) is 3.36. The molecule has 0 radical (unpaired) electrons. The van der Waals surface area contributed by atoms with Gasteiger partial charge in [-0.1, -0.05) is 12.1 Å². The lowest BCUT2D eigenvalue weighted by atomic mass is 9.95. The van der Waals surface area contributed by atoms with E-state index in [0.717, 1.165) is 17.7 Å². The lowest BCUT2D eigenvalue weighted by molar-refractivity contribution is -0.121. The van der Waals surface area contributed by atoms with E-state index >= 15 is 0 Å². The number of nitrogens with one attached hydrogen (secondary N) is 2. The van der Waals surface area contributed by atoms with Crippen LogP contribution in [0.15, 0.2) is 41.8 Å². The van der Waals surface area contributed by atoms with Gasteiger partial charge in [0.15, 0.2) is 0 Å². The van der Waals surface area contributed by atoms with E-state index in [9.17, 15) is 14.4 Å². The highest BCUT2D eigenvalue weighted by molar-refractivity contribution is 7.12. The molecular weight excluding hydrogens is 374 g/mol. The van der Waals surface area contributed by atoms with Gasteiger partial charge in [-0.05, 0) is 55.3 Å². The SMILES string of the molecule is O=C(NC1CC1)c1cccc(NC(=O)C2CCN(C(=O)c3cccs3)CC2)c1. The number of nitrogens with zero attached hydrogens (tertiary/aromatic N) is 1. The molecule has 0 unspecified atom stereocenters. The monoisotopic (exact) mass is 397 g/mol. The predicted octanol–water partition coefficient (Wildman–Crippen LogP) is 3.13. The number of benzene rings is 1. The molecule has 2 heterocycles. The molecule has 146 valence electrons. The molecule has 6 nitrogen and oxygen atoms in total. The first-order chi connectivity index (χ1) is 13.6. The summed E-state index contributed by atoms with van der Waals surface area (Å²) in [7, 11) is 0. The van der Waals surface area contributed by atoms with E-state index in [2.05, 4.69) is 10.6 Å². The van der Waals surface area contributed by atoms with Gasteiger partial charge in [0.05, 0.1) is 4.88 Å². The zero-order chi connectivity index (χ0) is 19.5. The number of piperidine rings is 1. The fraction of sp³-hybridized carbons (Fsp3) is 0.381. The van der Waals surface area contributed by atoms with Gasteiger partial charge >= 0.3 is 0 Å². The molecule has 2 aliphatic rings. The quantitative estimate of drug-likeness (QED) is 0.814. The van der Waals surface area contributed by atoms with Crippen molar-refractivity contribution >= 4 is 34.7 Å². The maximum Gasteiger partial charge on any atom is 0.263 e. The van der Waals surface area contributed by atoms with Crippen LogP contribution in [0.1, 0.15) is 45.7 Å². The Labute approximate surface area is 167 Å². The van der Waals surface area contributed by atoms with Crippen molar-refractivity contribution in [3.63, 3.8) is 0 Å². The molecule has 1 aromatic carbocycles. The first-order valence-electron chi connectivity index (χ1n) is 9.65. The molecule has 2 N–H and O–H groups in total. The van der Waals surface area contributed by atoms with Crippen LogP contribution in [0.2, 0.25) is 0 Å². The summed E-state index contributed by atoms with van der Waals surface area (Å²) >= 11 is 1.44. The van der Waals surface area contributed by atoms with Gasteiger partial charge in [0.2, 0.25) is 5.91 Å². The zero-order valence-corrected chi connectivity index (χ0v) is 16.3. The lowest BCUT2D eigenvalue weighted by Crippen LogP contribution is -2.41. The average molecular weight is 398 g/mol. The fourth-order valence-corrected chi connectivity index (χ4v) is 4.07. The highest BCUT2D eigenvalue weighted by atomic mass is 32.1. The number of carbonyl (C=O) groups is 3. The highest BCUT2D eigenvalue weighted by Gasteiger charge is 2.28. The molecule has 2 aromatic rings. The van der Waals surface area contributed by atoms with Crippen molar-refractivity contribution in [3.8, 4) is 0 Å². The van der Waals surface area contributed by atoms with Gasteiger partial charge in [0.25, 0.3) is 11.8 Å². The Bertz CT molecular complexity index is 869. The number of carbonyl (C=O) groups excluding carboxylic acids is 3. The van der Waals surface area contributed by atoms with Crippen LogP contribution in [-0.4, -0.2) is 41.8 Å². The van der Waals surface area contributed by atoms with Crippen LogP contribution in [0.25, 0.3) is 0 Å². The molecule has 1 aliphatic heterocycles. The summed E-state index contributed by atoms with van der Waals surface area (Å²) in [5.74, 6) is -0.235. The van der Waals surface area contributed by atoms with Gasteiger partial charge in [-0.15, -0.1) is 11.3 Å². The van der Waals surface area contributed by atoms with E-state index in [1.165, 1.54) is 11.3 Å². The van der Waals surface area contributed by atoms with Gasteiger partial charge in [-0.2, -0.15) is 0 Å². The van der Waals surface area contributed by atoms with Crippen LogP contribution in [0, 0.1) is 5.92 Å². The summed E-state index contributed by atoms with van der Waals surface area (Å²) in [6.45, 7) is 1.16.